The molecule has 0 saturated carbocycles. The number of aryl methyl sites for hydroxylation is 1. The molecule has 1 aromatic heterocycles. The van der Waals surface area contributed by atoms with Crippen molar-refractivity contribution in [3.8, 4) is 5.75 Å². The van der Waals surface area contributed by atoms with E-state index in [9.17, 15) is 4.79 Å². The van der Waals surface area contributed by atoms with Crippen LogP contribution in [0, 0.1) is 5.92 Å². The Morgan fingerprint density at radius 3 is 2.42 bits per heavy atom. The lowest BCUT2D eigenvalue weighted by atomic mass is 9.90. The first-order chi connectivity index (χ1) is 15.3. The zero-order chi connectivity index (χ0) is 21.3. The van der Waals surface area contributed by atoms with E-state index in [2.05, 4.69) is 58.4 Å². The van der Waals surface area contributed by atoms with Gasteiger partial charge in [-0.15, -0.1) is 0 Å². The summed E-state index contributed by atoms with van der Waals surface area (Å²) in [6.45, 7) is 3.58. The Balaban J connectivity index is 1.23. The van der Waals surface area contributed by atoms with E-state index in [-0.39, 0.29) is 5.56 Å². The molecule has 0 bridgehead atoms. The summed E-state index contributed by atoms with van der Waals surface area (Å²) >= 11 is 0. The van der Waals surface area contributed by atoms with Crippen molar-refractivity contribution in [1.29, 1.82) is 0 Å². The number of likely N-dealkylation sites (tertiary alicyclic amines) is 1. The molecule has 162 valence electrons. The number of nitrogens with zero attached hydrogens (tertiary/aromatic N) is 1. The predicted octanol–water partition coefficient (Wildman–Crippen LogP) is 4.84. The molecule has 2 heterocycles. The second-order valence-electron chi connectivity index (χ2n) is 8.47. The Labute approximate surface area is 184 Å². The number of rotatable bonds is 9. The molecule has 4 heteroatoms. The van der Waals surface area contributed by atoms with Gasteiger partial charge < -0.3 is 9.72 Å². The average molecular weight is 417 g/mol. The number of nitrogens with one attached hydrogen (secondary N) is 1. The molecular formula is C27H32N2O2. The van der Waals surface area contributed by atoms with Crippen LogP contribution >= 0.6 is 0 Å². The fourth-order valence-electron chi connectivity index (χ4n) is 4.39. The smallest absolute Gasteiger partial charge is 0.252 e. The third kappa shape index (κ3) is 6.31. The van der Waals surface area contributed by atoms with E-state index in [0.29, 0.717) is 6.61 Å². The summed E-state index contributed by atoms with van der Waals surface area (Å²) in [7, 11) is 0. The quantitative estimate of drug-likeness (QED) is 0.543. The molecular weight excluding hydrogens is 384 g/mol. The SMILES string of the molecule is O=c1[nH]cccc1CN1CCC(CCc2ccccc2OCCc2ccccc2)CC1. The van der Waals surface area contributed by atoms with Crippen molar-refractivity contribution < 1.29 is 4.74 Å². The van der Waals surface area contributed by atoms with Crippen molar-refractivity contribution in [1.82, 2.24) is 9.88 Å². The van der Waals surface area contributed by atoms with E-state index in [1.54, 1.807) is 6.20 Å². The van der Waals surface area contributed by atoms with Crippen LogP contribution in [0.4, 0.5) is 0 Å². The zero-order valence-electron chi connectivity index (χ0n) is 18.1. The standard InChI is InChI=1S/C27H32N2O2/c30-27-25(10-6-17-28-27)21-29-18-14-23(15-19-29)12-13-24-9-4-5-11-26(24)31-20-16-22-7-2-1-3-8-22/h1-11,17,23H,12-16,18-21H2,(H,28,30). The van der Waals surface area contributed by atoms with Gasteiger partial charge in [-0.3, -0.25) is 9.69 Å². The maximum atomic E-state index is 11.9. The highest BCUT2D eigenvalue weighted by atomic mass is 16.5. The lowest BCUT2D eigenvalue weighted by Gasteiger charge is -2.31. The van der Waals surface area contributed by atoms with Crippen molar-refractivity contribution in [2.45, 2.75) is 38.6 Å². The van der Waals surface area contributed by atoms with Gasteiger partial charge in [0.15, 0.2) is 0 Å². The lowest BCUT2D eigenvalue weighted by molar-refractivity contribution is 0.171. The van der Waals surface area contributed by atoms with E-state index < -0.39 is 0 Å². The molecule has 1 aliphatic heterocycles. The Morgan fingerprint density at radius 1 is 0.871 bits per heavy atom. The monoisotopic (exact) mass is 416 g/mol. The first-order valence-electron chi connectivity index (χ1n) is 11.4. The number of aromatic nitrogens is 1. The number of hydrogen-bond acceptors (Lipinski definition) is 3. The zero-order valence-corrected chi connectivity index (χ0v) is 18.1. The summed E-state index contributed by atoms with van der Waals surface area (Å²) in [5.41, 5.74) is 3.52. The summed E-state index contributed by atoms with van der Waals surface area (Å²) in [5, 5.41) is 0. The van der Waals surface area contributed by atoms with Crippen LogP contribution in [0.2, 0.25) is 0 Å². The van der Waals surface area contributed by atoms with E-state index in [1.807, 2.05) is 18.2 Å². The van der Waals surface area contributed by atoms with Crippen molar-refractivity contribution in [3.05, 3.63) is 100.0 Å². The van der Waals surface area contributed by atoms with Gasteiger partial charge in [-0.05, 0) is 68.0 Å². The molecule has 4 rings (SSSR count). The second-order valence-corrected chi connectivity index (χ2v) is 8.47. The molecule has 0 atom stereocenters. The molecule has 0 radical (unpaired) electrons. The van der Waals surface area contributed by atoms with Gasteiger partial charge in [0.05, 0.1) is 6.61 Å². The van der Waals surface area contributed by atoms with Crippen LogP contribution in [0.15, 0.2) is 77.7 Å². The molecule has 0 aliphatic carbocycles. The number of ether oxygens (including phenoxy) is 1. The van der Waals surface area contributed by atoms with Crippen molar-refractivity contribution in [3.63, 3.8) is 0 Å². The Morgan fingerprint density at radius 2 is 1.61 bits per heavy atom. The van der Waals surface area contributed by atoms with Crippen LogP contribution in [0.5, 0.6) is 5.75 Å². The van der Waals surface area contributed by atoms with E-state index in [0.717, 1.165) is 49.7 Å². The normalized spacial score (nSPS) is 15.1. The Bertz CT molecular complexity index is 991. The summed E-state index contributed by atoms with van der Waals surface area (Å²) in [4.78, 5) is 17.1. The van der Waals surface area contributed by atoms with Crippen LogP contribution in [0.1, 0.15) is 36.0 Å². The number of hydrogen-bond donors (Lipinski definition) is 1. The predicted molar refractivity (Wildman–Crippen MR) is 125 cm³/mol. The van der Waals surface area contributed by atoms with Gasteiger partial charge in [-0.1, -0.05) is 54.6 Å². The summed E-state index contributed by atoms with van der Waals surface area (Å²) in [6, 6.07) is 22.8. The highest BCUT2D eigenvalue weighted by Gasteiger charge is 2.20. The van der Waals surface area contributed by atoms with Crippen LogP contribution < -0.4 is 10.3 Å². The molecule has 4 nitrogen and oxygen atoms in total. The summed E-state index contributed by atoms with van der Waals surface area (Å²) < 4.78 is 6.13. The van der Waals surface area contributed by atoms with Gasteiger partial charge >= 0.3 is 0 Å². The second kappa shape index (κ2) is 11.0. The van der Waals surface area contributed by atoms with E-state index in [4.69, 9.17) is 4.74 Å². The van der Waals surface area contributed by atoms with Crippen LogP contribution in [-0.4, -0.2) is 29.6 Å². The summed E-state index contributed by atoms with van der Waals surface area (Å²) in [6.07, 6.45) is 7.27. The first kappa shape index (κ1) is 21.4. The van der Waals surface area contributed by atoms with Gasteiger partial charge in [-0.2, -0.15) is 0 Å². The number of para-hydroxylation sites is 1. The van der Waals surface area contributed by atoms with Crippen LogP contribution in [0.3, 0.4) is 0 Å². The molecule has 1 fully saturated rings. The highest BCUT2D eigenvalue weighted by molar-refractivity contribution is 5.33. The molecule has 31 heavy (non-hydrogen) atoms. The molecule has 0 spiro atoms. The van der Waals surface area contributed by atoms with Gasteiger partial charge in [0.25, 0.3) is 5.56 Å². The first-order valence-corrected chi connectivity index (χ1v) is 11.4. The molecule has 2 aromatic carbocycles. The maximum Gasteiger partial charge on any atom is 0.252 e. The van der Waals surface area contributed by atoms with Crippen LogP contribution in [-0.2, 0) is 19.4 Å². The number of H-pyrrole nitrogens is 1. The fraction of sp³-hybridized carbons (Fsp3) is 0.370. The molecule has 1 aliphatic rings. The fourth-order valence-corrected chi connectivity index (χ4v) is 4.39. The van der Waals surface area contributed by atoms with Gasteiger partial charge in [0, 0.05) is 24.7 Å². The van der Waals surface area contributed by atoms with E-state index >= 15 is 0 Å². The Kier molecular flexibility index (Phi) is 7.56. The minimum Gasteiger partial charge on any atom is -0.493 e. The number of benzene rings is 2. The van der Waals surface area contributed by atoms with Gasteiger partial charge in [0.2, 0.25) is 0 Å². The summed E-state index contributed by atoms with van der Waals surface area (Å²) in [5.74, 6) is 1.77. The minimum absolute atomic E-state index is 0.0356. The van der Waals surface area contributed by atoms with Gasteiger partial charge in [0.1, 0.15) is 5.75 Å². The molecule has 1 saturated heterocycles. The molecule has 0 amide bonds. The van der Waals surface area contributed by atoms with E-state index in [1.165, 1.54) is 30.4 Å². The Hall–Kier alpha value is -2.85. The van der Waals surface area contributed by atoms with Crippen molar-refractivity contribution in [2.24, 2.45) is 5.92 Å². The van der Waals surface area contributed by atoms with Crippen LogP contribution in [0.25, 0.3) is 0 Å². The van der Waals surface area contributed by atoms with Crippen molar-refractivity contribution >= 4 is 0 Å². The average Bonchev–Trinajstić information content (AvgIpc) is 2.81. The molecule has 3 aromatic rings. The number of piperidine rings is 1. The topological polar surface area (TPSA) is 45.3 Å². The maximum absolute atomic E-state index is 11.9. The largest absolute Gasteiger partial charge is 0.493 e. The van der Waals surface area contributed by atoms with Crippen molar-refractivity contribution in [2.75, 3.05) is 19.7 Å². The third-order valence-corrected chi connectivity index (χ3v) is 6.29. The number of aromatic amines is 1. The molecule has 0 unspecified atom stereocenters. The van der Waals surface area contributed by atoms with Gasteiger partial charge in [-0.25, -0.2) is 0 Å². The lowest BCUT2D eigenvalue weighted by Crippen LogP contribution is -2.35. The molecule has 1 N–H and O–H groups in total. The highest BCUT2D eigenvalue weighted by Crippen LogP contribution is 2.26. The number of pyridine rings is 1. The minimum atomic E-state index is 0.0356. The third-order valence-electron chi connectivity index (χ3n) is 6.29.